The van der Waals surface area contributed by atoms with Crippen LogP contribution in [0, 0.1) is 5.41 Å². The molecule has 0 radical (unpaired) electrons. The monoisotopic (exact) mass is 231 g/mol. The molecule has 0 saturated heterocycles. The van der Waals surface area contributed by atoms with Gasteiger partial charge in [-0.2, -0.15) is 0 Å². The fourth-order valence-electron chi connectivity index (χ4n) is 1.84. The Morgan fingerprint density at radius 2 is 1.88 bits per heavy atom. The summed E-state index contributed by atoms with van der Waals surface area (Å²) in [5.41, 5.74) is -0.607. The van der Waals surface area contributed by atoms with Crippen molar-refractivity contribution in [1.82, 2.24) is 4.90 Å². The van der Waals surface area contributed by atoms with E-state index in [0.717, 1.165) is 13.1 Å². The molecule has 0 rings (SSSR count). The van der Waals surface area contributed by atoms with Crippen LogP contribution in [0.15, 0.2) is 0 Å². The summed E-state index contributed by atoms with van der Waals surface area (Å²) in [6, 6.07) is 0. The van der Waals surface area contributed by atoms with E-state index in [2.05, 4.69) is 4.90 Å². The Hall–Kier alpha value is -0.610. The molecule has 4 nitrogen and oxygen atoms in total. The molecule has 4 heteroatoms. The summed E-state index contributed by atoms with van der Waals surface area (Å²) in [4.78, 5) is 13.5. The van der Waals surface area contributed by atoms with Crippen molar-refractivity contribution in [2.75, 3.05) is 33.4 Å². The predicted octanol–water partition coefficient (Wildman–Crippen LogP) is 1.85. The lowest BCUT2D eigenvalue weighted by Gasteiger charge is -2.33. The van der Waals surface area contributed by atoms with E-state index in [1.165, 1.54) is 0 Å². The fourth-order valence-corrected chi connectivity index (χ4v) is 1.84. The first-order valence-electron chi connectivity index (χ1n) is 6.01. The Morgan fingerprint density at radius 1 is 1.31 bits per heavy atom. The normalized spacial score (nSPS) is 12.1. The average Bonchev–Trinajstić information content (AvgIpc) is 2.30. The van der Waals surface area contributed by atoms with Gasteiger partial charge in [0.15, 0.2) is 0 Å². The second kappa shape index (κ2) is 7.63. The van der Waals surface area contributed by atoms with E-state index in [1.807, 2.05) is 20.8 Å². The third-order valence-electron chi connectivity index (χ3n) is 3.39. The molecule has 16 heavy (non-hydrogen) atoms. The summed E-state index contributed by atoms with van der Waals surface area (Å²) in [5.74, 6) is -0.687. The van der Waals surface area contributed by atoms with Gasteiger partial charge in [0.1, 0.15) is 0 Å². The topological polar surface area (TPSA) is 49.8 Å². The first kappa shape index (κ1) is 15.4. The number of nitrogens with zero attached hydrogens (tertiary/aromatic N) is 1. The van der Waals surface area contributed by atoms with Crippen LogP contribution >= 0.6 is 0 Å². The van der Waals surface area contributed by atoms with Gasteiger partial charge in [0.25, 0.3) is 0 Å². The summed E-state index contributed by atoms with van der Waals surface area (Å²) in [6.45, 7) is 8.85. The molecular weight excluding hydrogens is 206 g/mol. The van der Waals surface area contributed by atoms with Crippen LogP contribution in [-0.2, 0) is 9.53 Å². The standard InChI is InChI=1S/C12H25NO3/c1-5-12(6-2,11(14)15)10-13(7-3)8-9-16-4/h5-10H2,1-4H3,(H,14,15). The summed E-state index contributed by atoms with van der Waals surface area (Å²) in [5, 5.41) is 9.34. The molecule has 0 aliphatic rings. The highest BCUT2D eigenvalue weighted by Gasteiger charge is 2.36. The molecule has 0 aromatic rings. The molecule has 0 fully saturated rings. The fraction of sp³-hybridized carbons (Fsp3) is 0.917. The van der Waals surface area contributed by atoms with Crippen molar-refractivity contribution in [3.8, 4) is 0 Å². The minimum absolute atomic E-state index is 0.606. The summed E-state index contributed by atoms with van der Waals surface area (Å²) in [6.07, 6.45) is 1.34. The molecule has 1 N–H and O–H groups in total. The van der Waals surface area contributed by atoms with E-state index in [-0.39, 0.29) is 0 Å². The van der Waals surface area contributed by atoms with Crippen molar-refractivity contribution < 1.29 is 14.6 Å². The average molecular weight is 231 g/mol. The Kier molecular flexibility index (Phi) is 7.34. The number of hydrogen-bond acceptors (Lipinski definition) is 3. The van der Waals surface area contributed by atoms with Crippen LogP contribution in [0.2, 0.25) is 0 Å². The number of rotatable bonds is 9. The van der Waals surface area contributed by atoms with Crippen molar-refractivity contribution in [1.29, 1.82) is 0 Å². The van der Waals surface area contributed by atoms with E-state index >= 15 is 0 Å². The smallest absolute Gasteiger partial charge is 0.310 e. The van der Waals surface area contributed by atoms with Crippen LogP contribution in [-0.4, -0.2) is 49.3 Å². The van der Waals surface area contributed by atoms with Gasteiger partial charge in [0.2, 0.25) is 0 Å². The van der Waals surface area contributed by atoms with Crippen LogP contribution in [0.5, 0.6) is 0 Å². The lowest BCUT2D eigenvalue weighted by Crippen LogP contribution is -2.43. The van der Waals surface area contributed by atoms with Gasteiger partial charge in [-0.15, -0.1) is 0 Å². The van der Waals surface area contributed by atoms with Gasteiger partial charge in [0.05, 0.1) is 12.0 Å². The zero-order valence-electron chi connectivity index (χ0n) is 11.0. The van der Waals surface area contributed by atoms with Crippen LogP contribution in [0.25, 0.3) is 0 Å². The Labute approximate surface area is 98.6 Å². The van der Waals surface area contributed by atoms with Crippen LogP contribution < -0.4 is 0 Å². The molecule has 0 aromatic carbocycles. The van der Waals surface area contributed by atoms with Gasteiger partial charge < -0.3 is 14.7 Å². The Morgan fingerprint density at radius 3 is 2.19 bits per heavy atom. The van der Waals surface area contributed by atoms with Gasteiger partial charge in [-0.3, -0.25) is 4.79 Å². The van der Waals surface area contributed by atoms with E-state index < -0.39 is 11.4 Å². The quantitative estimate of drug-likeness (QED) is 0.658. The predicted molar refractivity (Wildman–Crippen MR) is 64.6 cm³/mol. The molecular formula is C12H25NO3. The van der Waals surface area contributed by atoms with Gasteiger partial charge in [-0.1, -0.05) is 20.8 Å². The van der Waals surface area contributed by atoms with Crippen molar-refractivity contribution in [3.63, 3.8) is 0 Å². The van der Waals surface area contributed by atoms with Crippen molar-refractivity contribution in [2.24, 2.45) is 5.41 Å². The number of hydrogen-bond donors (Lipinski definition) is 1. The zero-order chi connectivity index (χ0) is 12.6. The van der Waals surface area contributed by atoms with Crippen LogP contribution in [0.3, 0.4) is 0 Å². The van der Waals surface area contributed by atoms with E-state index in [4.69, 9.17) is 4.74 Å². The number of ether oxygens (including phenoxy) is 1. The molecule has 0 heterocycles. The second-order valence-corrected chi connectivity index (χ2v) is 4.15. The minimum Gasteiger partial charge on any atom is -0.481 e. The molecule has 0 aromatic heterocycles. The molecule has 0 aliphatic heterocycles. The number of carbonyl (C=O) groups is 1. The Balaban J connectivity index is 4.51. The van der Waals surface area contributed by atoms with Crippen LogP contribution in [0.1, 0.15) is 33.6 Å². The zero-order valence-corrected chi connectivity index (χ0v) is 11.0. The highest BCUT2D eigenvalue weighted by molar-refractivity contribution is 5.74. The molecule has 96 valence electrons. The van der Waals surface area contributed by atoms with Crippen LogP contribution in [0.4, 0.5) is 0 Å². The van der Waals surface area contributed by atoms with Gasteiger partial charge >= 0.3 is 5.97 Å². The van der Waals surface area contributed by atoms with Gasteiger partial charge in [-0.05, 0) is 19.4 Å². The third kappa shape index (κ3) is 4.10. The maximum absolute atomic E-state index is 11.4. The maximum Gasteiger partial charge on any atom is 0.310 e. The summed E-state index contributed by atoms with van der Waals surface area (Å²) in [7, 11) is 1.66. The van der Waals surface area contributed by atoms with E-state index in [0.29, 0.717) is 26.0 Å². The minimum atomic E-state index is -0.687. The number of methoxy groups -OCH3 is 1. The summed E-state index contributed by atoms with van der Waals surface area (Å²) < 4.78 is 5.03. The largest absolute Gasteiger partial charge is 0.481 e. The van der Waals surface area contributed by atoms with Crippen molar-refractivity contribution in [2.45, 2.75) is 33.6 Å². The second-order valence-electron chi connectivity index (χ2n) is 4.15. The highest BCUT2D eigenvalue weighted by Crippen LogP contribution is 2.27. The number of carboxylic acids is 1. The third-order valence-corrected chi connectivity index (χ3v) is 3.39. The maximum atomic E-state index is 11.4. The molecule has 0 aliphatic carbocycles. The van der Waals surface area contributed by atoms with Gasteiger partial charge in [-0.25, -0.2) is 0 Å². The number of likely N-dealkylation sites (N-methyl/N-ethyl adjacent to an activating group) is 1. The molecule has 0 saturated carbocycles. The SMILES string of the molecule is CCN(CCOC)CC(CC)(CC)C(=O)O. The van der Waals surface area contributed by atoms with E-state index in [9.17, 15) is 9.90 Å². The molecule has 0 spiro atoms. The lowest BCUT2D eigenvalue weighted by atomic mass is 9.82. The van der Waals surface area contributed by atoms with Gasteiger partial charge in [0, 0.05) is 20.2 Å². The van der Waals surface area contributed by atoms with Crippen molar-refractivity contribution in [3.05, 3.63) is 0 Å². The Bertz CT molecular complexity index is 202. The number of aliphatic carboxylic acids is 1. The number of carboxylic acid groups (broad SMARTS) is 1. The first-order chi connectivity index (χ1) is 7.56. The molecule has 0 bridgehead atoms. The van der Waals surface area contributed by atoms with E-state index in [1.54, 1.807) is 7.11 Å². The lowest BCUT2D eigenvalue weighted by molar-refractivity contribution is -0.150. The molecule has 0 amide bonds. The molecule has 0 unspecified atom stereocenters. The first-order valence-corrected chi connectivity index (χ1v) is 6.01. The van der Waals surface area contributed by atoms with Crippen molar-refractivity contribution >= 4 is 5.97 Å². The molecule has 0 atom stereocenters. The summed E-state index contributed by atoms with van der Waals surface area (Å²) >= 11 is 0. The highest BCUT2D eigenvalue weighted by atomic mass is 16.5.